The Morgan fingerprint density at radius 3 is 2.58 bits per heavy atom. The summed E-state index contributed by atoms with van der Waals surface area (Å²) in [6.45, 7) is 0. The Bertz CT molecular complexity index is 302. The molecule has 0 bridgehead atoms. The van der Waals surface area contributed by atoms with Crippen molar-refractivity contribution in [1.29, 1.82) is 5.26 Å². The van der Waals surface area contributed by atoms with Crippen LogP contribution in [0.5, 0.6) is 0 Å². The third kappa shape index (κ3) is 2.48. The van der Waals surface area contributed by atoms with Gasteiger partial charge in [-0.15, -0.1) is 4.21 Å². The summed E-state index contributed by atoms with van der Waals surface area (Å²) in [6, 6.07) is 11.2. The zero-order valence-electron chi connectivity index (χ0n) is 6.60. The minimum atomic E-state index is -1.35. The van der Waals surface area contributed by atoms with Crippen LogP contribution < -0.4 is 0 Å². The molecule has 1 aromatic carbocycles. The highest BCUT2D eigenvalue weighted by Gasteiger charge is 2.07. The number of benzene rings is 1. The predicted molar refractivity (Wildman–Crippen MR) is 49.3 cm³/mol. The van der Waals surface area contributed by atoms with Crippen molar-refractivity contribution in [2.24, 2.45) is 0 Å². The fourth-order valence-electron chi connectivity index (χ4n) is 0.875. The third-order valence-corrected chi connectivity index (χ3v) is 2.97. The van der Waals surface area contributed by atoms with Gasteiger partial charge in [0.25, 0.3) is 0 Å². The first-order valence-corrected chi connectivity index (χ1v) is 5.16. The predicted octanol–water partition coefficient (Wildman–Crippen LogP) is 1.66. The summed E-state index contributed by atoms with van der Waals surface area (Å²) in [5.41, 5.74) is 0. The zero-order valence-corrected chi connectivity index (χ0v) is 7.50. The maximum Gasteiger partial charge on any atom is 0.155 e. The second-order valence-corrected chi connectivity index (χ2v) is 4.07. The van der Waals surface area contributed by atoms with Gasteiger partial charge in [0.15, 0.2) is 4.90 Å². The van der Waals surface area contributed by atoms with Crippen molar-refractivity contribution in [3.05, 3.63) is 30.3 Å². The Balaban J connectivity index is 2.61. The van der Waals surface area contributed by atoms with E-state index in [-0.39, 0.29) is 0 Å². The molecule has 0 aliphatic heterocycles. The molecule has 12 heavy (non-hydrogen) atoms. The molecule has 2 nitrogen and oxygen atoms in total. The molecule has 1 atom stereocenters. The Labute approximate surface area is 74.3 Å². The van der Waals surface area contributed by atoms with Crippen LogP contribution >= 0.6 is 0 Å². The summed E-state index contributed by atoms with van der Waals surface area (Å²) in [5, 5.41) is 8.28. The number of nitriles is 1. The van der Waals surface area contributed by atoms with Gasteiger partial charge in [0.1, 0.15) is 16.6 Å². The molecule has 0 fully saturated rings. The molecule has 0 heterocycles. The molecule has 0 radical (unpaired) electrons. The minimum absolute atomic E-state index is 0.365. The number of hydrogen-bond donors (Lipinski definition) is 0. The molecule has 0 saturated carbocycles. The second kappa shape index (κ2) is 4.68. The largest absolute Gasteiger partial charge is 0.198 e. The van der Waals surface area contributed by atoms with Crippen LogP contribution in [0.3, 0.4) is 0 Å². The number of hydrogen-bond acceptors (Lipinski definition) is 2. The van der Waals surface area contributed by atoms with Crippen molar-refractivity contribution in [2.45, 2.75) is 11.3 Å². The highest BCUT2D eigenvalue weighted by Crippen LogP contribution is 2.06. The second-order valence-electron chi connectivity index (χ2n) is 2.35. The number of thiol groups is 1. The summed E-state index contributed by atoms with van der Waals surface area (Å²) >= 11 is 0. The standard InChI is InChI=1S/C9H9NOS/c10-7-4-8-12(11)9-5-2-1-3-6-9/h1-3,5-6H,4,8H2/p+1. The fraction of sp³-hybridized carbons (Fsp3) is 0.222. The van der Waals surface area contributed by atoms with Crippen LogP contribution in [0, 0.1) is 11.3 Å². The highest BCUT2D eigenvalue weighted by molar-refractivity contribution is 7.85. The first-order valence-electron chi connectivity index (χ1n) is 3.71. The SMILES string of the molecule is N#CCC[SH+](=O)c1ccccc1. The molecule has 62 valence electrons. The van der Waals surface area contributed by atoms with E-state index in [2.05, 4.69) is 0 Å². The van der Waals surface area contributed by atoms with E-state index in [1.807, 2.05) is 36.4 Å². The molecule has 0 N–H and O–H groups in total. The van der Waals surface area contributed by atoms with Crippen molar-refractivity contribution >= 4 is 10.8 Å². The van der Waals surface area contributed by atoms with Crippen LogP contribution in [-0.4, -0.2) is 5.75 Å². The van der Waals surface area contributed by atoms with E-state index in [1.165, 1.54) is 0 Å². The van der Waals surface area contributed by atoms with E-state index < -0.39 is 10.8 Å². The van der Waals surface area contributed by atoms with Gasteiger partial charge >= 0.3 is 0 Å². The van der Waals surface area contributed by atoms with E-state index in [0.29, 0.717) is 12.2 Å². The molecule has 0 saturated heterocycles. The van der Waals surface area contributed by atoms with Gasteiger partial charge in [0.2, 0.25) is 0 Å². The molecule has 0 amide bonds. The number of nitrogens with zero attached hydrogens (tertiary/aromatic N) is 1. The van der Waals surface area contributed by atoms with Gasteiger partial charge in [0, 0.05) is 0 Å². The quantitative estimate of drug-likeness (QED) is 0.524. The zero-order chi connectivity index (χ0) is 8.81. The first-order chi connectivity index (χ1) is 5.84. The van der Waals surface area contributed by atoms with Gasteiger partial charge in [-0.1, -0.05) is 18.2 Å². The molecule has 3 heteroatoms. The summed E-state index contributed by atoms with van der Waals surface area (Å²) < 4.78 is 11.4. The topological polar surface area (TPSA) is 40.9 Å². The maximum atomic E-state index is 11.4. The summed E-state index contributed by atoms with van der Waals surface area (Å²) in [7, 11) is -1.35. The lowest BCUT2D eigenvalue weighted by molar-refractivity contribution is 0.595. The van der Waals surface area contributed by atoms with Gasteiger partial charge in [0.05, 0.1) is 12.5 Å². The van der Waals surface area contributed by atoms with E-state index in [1.54, 1.807) is 0 Å². The van der Waals surface area contributed by atoms with Crippen molar-refractivity contribution in [3.8, 4) is 6.07 Å². The van der Waals surface area contributed by atoms with E-state index >= 15 is 0 Å². The van der Waals surface area contributed by atoms with Gasteiger partial charge in [-0.2, -0.15) is 5.26 Å². The summed E-state index contributed by atoms with van der Waals surface area (Å²) in [5.74, 6) is 0.468. The highest BCUT2D eigenvalue weighted by atomic mass is 32.2. The summed E-state index contributed by atoms with van der Waals surface area (Å²) in [4.78, 5) is 0.836. The van der Waals surface area contributed by atoms with E-state index in [9.17, 15) is 4.21 Å². The molecular formula is C9H10NOS+. The Morgan fingerprint density at radius 2 is 2.00 bits per heavy atom. The monoisotopic (exact) mass is 180 g/mol. The molecule has 1 rings (SSSR count). The molecular weight excluding hydrogens is 170 g/mol. The molecule has 0 spiro atoms. The molecule has 0 aromatic heterocycles. The van der Waals surface area contributed by atoms with Crippen LogP contribution in [0.25, 0.3) is 0 Å². The van der Waals surface area contributed by atoms with Crippen molar-refractivity contribution in [2.75, 3.05) is 5.75 Å². The van der Waals surface area contributed by atoms with Gasteiger partial charge in [-0.05, 0) is 12.1 Å². The lowest BCUT2D eigenvalue weighted by atomic mass is 10.4. The fourth-order valence-corrected chi connectivity index (χ4v) is 1.94. The van der Waals surface area contributed by atoms with Crippen LogP contribution in [0.2, 0.25) is 0 Å². The van der Waals surface area contributed by atoms with Crippen molar-refractivity contribution in [1.82, 2.24) is 0 Å². The number of rotatable bonds is 3. The molecule has 0 aliphatic carbocycles. The van der Waals surface area contributed by atoms with Crippen LogP contribution in [-0.2, 0) is 15.0 Å². The van der Waals surface area contributed by atoms with Crippen molar-refractivity contribution in [3.63, 3.8) is 0 Å². The average Bonchev–Trinajstić information content (AvgIpc) is 2.15. The molecule has 1 unspecified atom stereocenters. The van der Waals surface area contributed by atoms with Crippen LogP contribution in [0.1, 0.15) is 6.42 Å². The Morgan fingerprint density at radius 1 is 1.33 bits per heavy atom. The van der Waals surface area contributed by atoms with Crippen molar-refractivity contribution < 1.29 is 4.21 Å². The van der Waals surface area contributed by atoms with Gasteiger partial charge in [-0.3, -0.25) is 0 Å². The van der Waals surface area contributed by atoms with E-state index in [0.717, 1.165) is 4.90 Å². The minimum Gasteiger partial charge on any atom is -0.198 e. The third-order valence-electron chi connectivity index (χ3n) is 1.47. The lowest BCUT2D eigenvalue weighted by Gasteiger charge is -1.90. The average molecular weight is 180 g/mol. The maximum absolute atomic E-state index is 11.4. The van der Waals surface area contributed by atoms with Gasteiger partial charge in [-0.25, -0.2) is 0 Å². The van der Waals surface area contributed by atoms with Gasteiger partial charge < -0.3 is 0 Å². The smallest absolute Gasteiger partial charge is 0.155 e. The normalized spacial score (nSPS) is 11.9. The van der Waals surface area contributed by atoms with E-state index in [4.69, 9.17) is 5.26 Å². The first kappa shape index (κ1) is 8.95. The molecule has 0 aliphatic rings. The lowest BCUT2D eigenvalue weighted by Crippen LogP contribution is -1.95. The van der Waals surface area contributed by atoms with Crippen LogP contribution in [0.4, 0.5) is 0 Å². The Hall–Kier alpha value is -1.14. The van der Waals surface area contributed by atoms with Crippen LogP contribution in [0.15, 0.2) is 35.2 Å². The Kier molecular flexibility index (Phi) is 3.49. The molecule has 1 aromatic rings. The summed E-state index contributed by atoms with van der Waals surface area (Å²) in [6.07, 6.45) is 0.365.